The summed E-state index contributed by atoms with van der Waals surface area (Å²) in [5, 5.41) is 2.98. The zero-order chi connectivity index (χ0) is 17.4. The van der Waals surface area contributed by atoms with E-state index < -0.39 is 0 Å². The van der Waals surface area contributed by atoms with Crippen molar-refractivity contribution in [3.05, 3.63) is 58.7 Å². The Labute approximate surface area is 147 Å². The fourth-order valence-corrected chi connectivity index (χ4v) is 3.86. The van der Waals surface area contributed by atoms with Gasteiger partial charge in [0, 0.05) is 29.9 Å². The van der Waals surface area contributed by atoms with E-state index in [1.165, 1.54) is 17.5 Å². The number of nitrogens with zero attached hydrogens (tertiary/aromatic N) is 1. The topological polar surface area (TPSA) is 49.4 Å². The summed E-state index contributed by atoms with van der Waals surface area (Å²) in [5.74, 6) is 0.0946. The van der Waals surface area contributed by atoms with E-state index in [0.717, 1.165) is 42.7 Å². The Balaban J connectivity index is 1.52. The van der Waals surface area contributed by atoms with Crippen molar-refractivity contribution in [3.8, 4) is 0 Å². The third kappa shape index (κ3) is 3.04. The van der Waals surface area contributed by atoms with E-state index in [4.69, 9.17) is 0 Å². The van der Waals surface area contributed by atoms with Crippen molar-refractivity contribution in [2.45, 2.75) is 39.0 Å². The molecule has 0 spiro atoms. The van der Waals surface area contributed by atoms with Gasteiger partial charge in [0.2, 0.25) is 5.91 Å². The molecule has 4 nitrogen and oxygen atoms in total. The van der Waals surface area contributed by atoms with Crippen LogP contribution in [0.15, 0.2) is 36.4 Å². The van der Waals surface area contributed by atoms with Crippen molar-refractivity contribution < 1.29 is 9.59 Å². The Morgan fingerprint density at radius 1 is 1.00 bits per heavy atom. The molecule has 0 saturated carbocycles. The molecule has 2 aliphatic rings. The lowest BCUT2D eigenvalue weighted by atomic mass is 10.1. The number of fused-ring (bicyclic) bond motifs is 1. The van der Waals surface area contributed by atoms with Gasteiger partial charge in [0.15, 0.2) is 0 Å². The molecule has 1 N–H and O–H groups in total. The van der Waals surface area contributed by atoms with Gasteiger partial charge in [-0.15, -0.1) is 0 Å². The molecule has 4 heteroatoms. The van der Waals surface area contributed by atoms with Crippen LogP contribution >= 0.6 is 0 Å². The SMILES string of the molecule is Cc1cc(NC(=O)c2ccc3c(c2)CCC3)ccc1N1CCCC1=O. The number of hydrogen-bond donors (Lipinski definition) is 1. The molecule has 0 bridgehead atoms. The van der Waals surface area contributed by atoms with Crippen LogP contribution in [0.4, 0.5) is 11.4 Å². The summed E-state index contributed by atoms with van der Waals surface area (Å²) in [7, 11) is 0. The minimum absolute atomic E-state index is 0.0842. The highest BCUT2D eigenvalue weighted by Gasteiger charge is 2.23. The third-order valence-electron chi connectivity index (χ3n) is 5.18. The number of hydrogen-bond acceptors (Lipinski definition) is 2. The maximum atomic E-state index is 12.5. The first-order valence-corrected chi connectivity index (χ1v) is 8.96. The van der Waals surface area contributed by atoms with Gasteiger partial charge >= 0.3 is 0 Å². The first kappa shape index (κ1) is 15.9. The molecular formula is C21H22N2O2. The molecule has 0 radical (unpaired) electrons. The predicted molar refractivity (Wildman–Crippen MR) is 99.2 cm³/mol. The molecule has 0 aromatic heterocycles. The van der Waals surface area contributed by atoms with Gasteiger partial charge in [0.25, 0.3) is 5.91 Å². The molecule has 128 valence electrons. The molecule has 0 unspecified atom stereocenters. The number of nitrogens with one attached hydrogen (secondary N) is 1. The molecule has 1 aliphatic heterocycles. The lowest BCUT2D eigenvalue weighted by Gasteiger charge is -2.19. The summed E-state index contributed by atoms with van der Waals surface area (Å²) in [6.07, 6.45) is 4.89. The zero-order valence-electron chi connectivity index (χ0n) is 14.5. The molecule has 2 aromatic carbocycles. The van der Waals surface area contributed by atoms with Gasteiger partial charge in [0.1, 0.15) is 0 Å². The molecule has 1 fully saturated rings. The first-order chi connectivity index (χ1) is 12.1. The van der Waals surface area contributed by atoms with E-state index in [2.05, 4.69) is 11.4 Å². The minimum atomic E-state index is -0.0842. The Bertz CT molecular complexity index is 857. The second kappa shape index (κ2) is 6.36. The Morgan fingerprint density at radius 2 is 1.84 bits per heavy atom. The van der Waals surface area contributed by atoms with Crippen molar-refractivity contribution >= 4 is 23.2 Å². The highest BCUT2D eigenvalue weighted by Crippen LogP contribution is 2.28. The van der Waals surface area contributed by atoms with Gasteiger partial charge in [-0.25, -0.2) is 0 Å². The number of anilines is 2. The smallest absolute Gasteiger partial charge is 0.255 e. The molecule has 1 heterocycles. The van der Waals surface area contributed by atoms with Crippen molar-refractivity contribution in [2.24, 2.45) is 0 Å². The van der Waals surface area contributed by atoms with E-state index >= 15 is 0 Å². The summed E-state index contributed by atoms with van der Waals surface area (Å²) in [6, 6.07) is 11.7. The summed E-state index contributed by atoms with van der Waals surface area (Å²) < 4.78 is 0. The summed E-state index contributed by atoms with van der Waals surface area (Å²) >= 11 is 0. The van der Waals surface area contributed by atoms with Crippen LogP contribution in [-0.4, -0.2) is 18.4 Å². The number of carbonyl (C=O) groups is 2. The third-order valence-corrected chi connectivity index (χ3v) is 5.18. The van der Waals surface area contributed by atoms with E-state index in [0.29, 0.717) is 12.0 Å². The van der Waals surface area contributed by atoms with Crippen LogP contribution < -0.4 is 10.2 Å². The van der Waals surface area contributed by atoms with E-state index in [-0.39, 0.29) is 11.8 Å². The average molecular weight is 334 g/mol. The van der Waals surface area contributed by atoms with Gasteiger partial charge in [-0.3, -0.25) is 9.59 Å². The average Bonchev–Trinajstić information content (AvgIpc) is 3.23. The van der Waals surface area contributed by atoms with Crippen LogP contribution in [-0.2, 0) is 17.6 Å². The number of carbonyl (C=O) groups excluding carboxylic acids is 2. The van der Waals surface area contributed by atoms with E-state index in [1.807, 2.05) is 42.2 Å². The van der Waals surface area contributed by atoms with Crippen LogP contribution in [0.5, 0.6) is 0 Å². The summed E-state index contributed by atoms with van der Waals surface area (Å²) in [5.41, 5.74) is 6.08. The number of rotatable bonds is 3. The lowest BCUT2D eigenvalue weighted by Crippen LogP contribution is -2.24. The van der Waals surface area contributed by atoms with Gasteiger partial charge in [0.05, 0.1) is 0 Å². The standard InChI is InChI=1S/C21H22N2O2/c1-14-12-18(9-10-19(14)23-11-3-6-20(23)24)22-21(25)17-8-7-15-4-2-5-16(15)13-17/h7-10,12-13H,2-6,11H2,1H3,(H,22,25). The predicted octanol–water partition coefficient (Wildman–Crippen LogP) is 3.86. The first-order valence-electron chi connectivity index (χ1n) is 8.96. The summed E-state index contributed by atoms with van der Waals surface area (Å²) in [6.45, 7) is 2.76. The highest BCUT2D eigenvalue weighted by molar-refractivity contribution is 6.05. The van der Waals surface area contributed by atoms with Gasteiger partial charge in [-0.2, -0.15) is 0 Å². The molecule has 4 rings (SSSR count). The van der Waals surface area contributed by atoms with Crippen LogP contribution in [0, 0.1) is 6.92 Å². The molecule has 25 heavy (non-hydrogen) atoms. The quantitative estimate of drug-likeness (QED) is 0.926. The van der Waals surface area contributed by atoms with Crippen LogP contribution in [0.3, 0.4) is 0 Å². The highest BCUT2D eigenvalue weighted by atomic mass is 16.2. The Kier molecular flexibility index (Phi) is 4.04. The van der Waals surface area contributed by atoms with Crippen LogP contribution in [0.2, 0.25) is 0 Å². The van der Waals surface area contributed by atoms with Gasteiger partial charge < -0.3 is 10.2 Å². The normalized spacial score (nSPS) is 16.2. The van der Waals surface area contributed by atoms with Crippen molar-refractivity contribution in [2.75, 3.05) is 16.8 Å². The van der Waals surface area contributed by atoms with Crippen LogP contribution in [0.1, 0.15) is 46.3 Å². The number of amides is 2. The molecule has 0 atom stereocenters. The monoisotopic (exact) mass is 334 g/mol. The molecular weight excluding hydrogens is 312 g/mol. The fraction of sp³-hybridized carbons (Fsp3) is 0.333. The fourth-order valence-electron chi connectivity index (χ4n) is 3.86. The van der Waals surface area contributed by atoms with Crippen molar-refractivity contribution in [1.82, 2.24) is 0 Å². The van der Waals surface area contributed by atoms with E-state index in [9.17, 15) is 9.59 Å². The largest absolute Gasteiger partial charge is 0.322 e. The number of benzene rings is 2. The molecule has 2 amide bonds. The maximum Gasteiger partial charge on any atom is 0.255 e. The second-order valence-corrected chi connectivity index (χ2v) is 6.94. The zero-order valence-corrected chi connectivity index (χ0v) is 14.5. The van der Waals surface area contributed by atoms with Crippen LogP contribution in [0.25, 0.3) is 0 Å². The summed E-state index contributed by atoms with van der Waals surface area (Å²) in [4.78, 5) is 26.3. The molecule has 1 saturated heterocycles. The second-order valence-electron chi connectivity index (χ2n) is 6.94. The Morgan fingerprint density at radius 3 is 2.60 bits per heavy atom. The maximum absolute atomic E-state index is 12.5. The molecule has 1 aliphatic carbocycles. The molecule has 2 aromatic rings. The van der Waals surface area contributed by atoms with E-state index in [1.54, 1.807) is 0 Å². The van der Waals surface area contributed by atoms with Gasteiger partial charge in [-0.1, -0.05) is 6.07 Å². The Hall–Kier alpha value is -2.62. The van der Waals surface area contributed by atoms with Gasteiger partial charge in [-0.05, 0) is 79.6 Å². The number of aryl methyl sites for hydroxylation is 3. The van der Waals surface area contributed by atoms with Crippen molar-refractivity contribution in [3.63, 3.8) is 0 Å². The lowest BCUT2D eigenvalue weighted by molar-refractivity contribution is -0.117. The minimum Gasteiger partial charge on any atom is -0.322 e. The van der Waals surface area contributed by atoms with Crippen molar-refractivity contribution in [1.29, 1.82) is 0 Å².